The van der Waals surface area contributed by atoms with Crippen molar-refractivity contribution >= 4 is 17.5 Å². The molecule has 5 nitrogen and oxygen atoms in total. The fraction of sp³-hybridized carbons (Fsp3) is 0.625. The summed E-state index contributed by atoms with van der Waals surface area (Å²) in [6.45, 7) is 5.32. The smallest absolute Gasteiger partial charge is 0.340 e. The number of nitrogens with one attached hydrogen (secondary N) is 1. The molecule has 1 aromatic heterocycles. The van der Waals surface area contributed by atoms with Crippen molar-refractivity contribution in [2.75, 3.05) is 24.2 Å². The Labute approximate surface area is 126 Å². The zero-order valence-corrected chi connectivity index (χ0v) is 12.9. The van der Waals surface area contributed by atoms with E-state index in [1.807, 2.05) is 0 Å². The molecule has 0 spiro atoms. The van der Waals surface area contributed by atoms with Crippen LogP contribution in [-0.4, -0.2) is 24.1 Å². The molecule has 0 atom stereocenters. The number of hydrogen-bond acceptors (Lipinski definition) is 5. The maximum Gasteiger partial charge on any atom is 0.340 e. The molecular weight excluding hydrogens is 266 g/mol. The molecule has 0 amide bonds. The maximum atomic E-state index is 11.8. The Kier molecular flexibility index (Phi) is 5.42. The molecule has 1 aliphatic carbocycles. The van der Waals surface area contributed by atoms with Gasteiger partial charge >= 0.3 is 5.97 Å². The van der Waals surface area contributed by atoms with E-state index in [-0.39, 0.29) is 0 Å². The van der Waals surface area contributed by atoms with Crippen LogP contribution in [0.1, 0.15) is 49.9 Å². The Balaban J connectivity index is 1.94. The molecule has 1 aromatic rings. The van der Waals surface area contributed by atoms with Gasteiger partial charge in [0.2, 0.25) is 0 Å². The summed E-state index contributed by atoms with van der Waals surface area (Å²) >= 11 is 0. The second-order valence-corrected chi connectivity index (χ2v) is 5.88. The molecule has 0 aliphatic heterocycles. The van der Waals surface area contributed by atoms with E-state index < -0.39 is 5.97 Å². The second-order valence-electron chi connectivity index (χ2n) is 5.88. The highest BCUT2D eigenvalue weighted by Gasteiger charge is 2.18. The normalized spacial score (nSPS) is 21.8. The number of carbonyl (C=O) groups excluding carboxylic acids is 1. The summed E-state index contributed by atoms with van der Waals surface area (Å²) in [5.41, 5.74) is 6.52. The highest BCUT2D eigenvalue weighted by atomic mass is 16.5. The van der Waals surface area contributed by atoms with Gasteiger partial charge in [-0.15, -0.1) is 0 Å². The van der Waals surface area contributed by atoms with Gasteiger partial charge in [-0.1, -0.05) is 19.8 Å². The van der Waals surface area contributed by atoms with Crippen molar-refractivity contribution in [2.45, 2.75) is 39.5 Å². The molecule has 21 heavy (non-hydrogen) atoms. The lowest BCUT2D eigenvalue weighted by atomic mass is 9.83. The van der Waals surface area contributed by atoms with E-state index in [0.29, 0.717) is 29.6 Å². The van der Waals surface area contributed by atoms with Gasteiger partial charge in [0, 0.05) is 6.54 Å². The number of esters is 1. The van der Waals surface area contributed by atoms with E-state index >= 15 is 0 Å². The van der Waals surface area contributed by atoms with Crippen molar-refractivity contribution < 1.29 is 9.53 Å². The van der Waals surface area contributed by atoms with Crippen LogP contribution in [0.5, 0.6) is 0 Å². The van der Waals surface area contributed by atoms with Crippen LogP contribution >= 0.6 is 0 Å². The molecule has 1 saturated carbocycles. The van der Waals surface area contributed by atoms with E-state index in [9.17, 15) is 4.79 Å². The van der Waals surface area contributed by atoms with Gasteiger partial charge < -0.3 is 15.8 Å². The van der Waals surface area contributed by atoms with E-state index in [0.717, 1.165) is 12.5 Å². The van der Waals surface area contributed by atoms with Crippen LogP contribution in [0.25, 0.3) is 0 Å². The topological polar surface area (TPSA) is 77.2 Å². The number of carbonyl (C=O) groups is 1. The third kappa shape index (κ3) is 4.34. The molecule has 2 rings (SSSR count). The van der Waals surface area contributed by atoms with E-state index in [4.69, 9.17) is 10.5 Å². The van der Waals surface area contributed by atoms with Gasteiger partial charge in [0.15, 0.2) is 0 Å². The zero-order valence-electron chi connectivity index (χ0n) is 12.9. The summed E-state index contributed by atoms with van der Waals surface area (Å²) in [7, 11) is 0. The van der Waals surface area contributed by atoms with Crippen LogP contribution in [0, 0.1) is 11.8 Å². The van der Waals surface area contributed by atoms with Crippen molar-refractivity contribution in [3.05, 3.63) is 17.8 Å². The summed E-state index contributed by atoms with van der Waals surface area (Å²) < 4.78 is 5.00. The van der Waals surface area contributed by atoms with Crippen molar-refractivity contribution in [3.63, 3.8) is 0 Å². The number of hydrogen-bond donors (Lipinski definition) is 2. The fourth-order valence-corrected chi connectivity index (χ4v) is 2.73. The predicted octanol–water partition coefficient (Wildman–Crippen LogP) is 3.08. The molecule has 0 radical (unpaired) electrons. The third-order valence-corrected chi connectivity index (χ3v) is 4.14. The predicted molar refractivity (Wildman–Crippen MR) is 84.2 cm³/mol. The van der Waals surface area contributed by atoms with Crippen molar-refractivity contribution in [3.8, 4) is 0 Å². The molecule has 1 fully saturated rings. The average molecular weight is 291 g/mol. The molecular formula is C16H25N3O2. The van der Waals surface area contributed by atoms with Gasteiger partial charge in [0.05, 0.1) is 24.1 Å². The first-order chi connectivity index (χ1) is 10.1. The highest BCUT2D eigenvalue weighted by Crippen LogP contribution is 2.28. The van der Waals surface area contributed by atoms with Gasteiger partial charge in [0.25, 0.3) is 0 Å². The number of nitrogen functional groups attached to an aromatic ring is 1. The molecule has 0 bridgehead atoms. The molecule has 5 heteroatoms. The fourth-order valence-electron chi connectivity index (χ4n) is 2.73. The molecule has 1 heterocycles. The Morgan fingerprint density at radius 3 is 2.81 bits per heavy atom. The largest absolute Gasteiger partial charge is 0.462 e. The summed E-state index contributed by atoms with van der Waals surface area (Å²) in [5.74, 6) is 1.83. The van der Waals surface area contributed by atoms with Crippen LogP contribution in [0.4, 0.5) is 11.5 Å². The number of nitrogens with zero attached hydrogens (tertiary/aromatic N) is 1. The van der Waals surface area contributed by atoms with E-state index in [1.54, 1.807) is 13.0 Å². The molecule has 116 valence electrons. The Hall–Kier alpha value is -1.78. The first kappa shape index (κ1) is 15.6. The molecule has 0 unspecified atom stereocenters. The SMILES string of the molecule is CCOC(=O)c1cc(NCC2CCC(C)CC2)ncc1N. The Bertz CT molecular complexity index is 482. The van der Waals surface area contributed by atoms with Gasteiger partial charge in [0.1, 0.15) is 5.82 Å². The Morgan fingerprint density at radius 2 is 2.14 bits per heavy atom. The van der Waals surface area contributed by atoms with Gasteiger partial charge in [-0.3, -0.25) is 0 Å². The van der Waals surface area contributed by atoms with Crippen LogP contribution in [0.15, 0.2) is 12.3 Å². The molecule has 1 aliphatic rings. The summed E-state index contributed by atoms with van der Waals surface area (Å²) in [5, 5.41) is 3.32. The minimum atomic E-state index is -0.396. The third-order valence-electron chi connectivity index (χ3n) is 4.14. The van der Waals surface area contributed by atoms with Crippen LogP contribution < -0.4 is 11.1 Å². The van der Waals surface area contributed by atoms with Crippen LogP contribution in [0.2, 0.25) is 0 Å². The van der Waals surface area contributed by atoms with Crippen LogP contribution in [0.3, 0.4) is 0 Å². The summed E-state index contributed by atoms with van der Waals surface area (Å²) in [6.07, 6.45) is 6.63. The lowest BCUT2D eigenvalue weighted by Crippen LogP contribution is -2.20. The first-order valence-corrected chi connectivity index (χ1v) is 7.76. The molecule has 3 N–H and O–H groups in total. The highest BCUT2D eigenvalue weighted by molar-refractivity contribution is 5.95. The lowest BCUT2D eigenvalue weighted by molar-refractivity contribution is 0.0527. The van der Waals surface area contributed by atoms with Gasteiger partial charge in [-0.05, 0) is 37.7 Å². The number of aromatic nitrogens is 1. The van der Waals surface area contributed by atoms with Crippen molar-refractivity contribution in [1.82, 2.24) is 4.98 Å². The summed E-state index contributed by atoms with van der Waals surface area (Å²) in [4.78, 5) is 16.0. The summed E-state index contributed by atoms with van der Waals surface area (Å²) in [6, 6.07) is 1.68. The monoisotopic (exact) mass is 291 g/mol. The standard InChI is InChI=1S/C16H25N3O2/c1-3-21-16(20)13-8-15(19-10-14(13)17)18-9-12-6-4-11(2)5-7-12/h8,10-12H,3-7,9,17H2,1-2H3,(H,18,19). The Morgan fingerprint density at radius 1 is 1.43 bits per heavy atom. The van der Waals surface area contributed by atoms with Gasteiger partial charge in [-0.2, -0.15) is 0 Å². The minimum absolute atomic E-state index is 0.337. The minimum Gasteiger partial charge on any atom is -0.462 e. The number of anilines is 2. The quantitative estimate of drug-likeness (QED) is 0.815. The number of pyridine rings is 1. The van der Waals surface area contributed by atoms with E-state index in [2.05, 4.69) is 17.2 Å². The number of ether oxygens (including phenoxy) is 1. The second kappa shape index (κ2) is 7.29. The van der Waals surface area contributed by atoms with Gasteiger partial charge in [-0.25, -0.2) is 9.78 Å². The molecule has 0 aromatic carbocycles. The lowest BCUT2D eigenvalue weighted by Gasteiger charge is -2.26. The molecule has 0 saturated heterocycles. The maximum absolute atomic E-state index is 11.8. The van der Waals surface area contributed by atoms with Crippen LogP contribution in [-0.2, 0) is 4.74 Å². The zero-order chi connectivity index (χ0) is 15.2. The first-order valence-electron chi connectivity index (χ1n) is 7.76. The van der Waals surface area contributed by atoms with Crippen molar-refractivity contribution in [2.24, 2.45) is 11.8 Å². The van der Waals surface area contributed by atoms with E-state index in [1.165, 1.54) is 31.9 Å². The number of rotatable bonds is 5. The van der Waals surface area contributed by atoms with Crippen molar-refractivity contribution in [1.29, 1.82) is 0 Å². The number of nitrogens with two attached hydrogens (primary N) is 1. The average Bonchev–Trinajstić information content (AvgIpc) is 2.48.